The lowest BCUT2D eigenvalue weighted by molar-refractivity contribution is -0.128. The van der Waals surface area contributed by atoms with E-state index in [-0.39, 0.29) is 11.3 Å². The molecule has 1 unspecified atom stereocenters. The zero-order valence-electron chi connectivity index (χ0n) is 9.23. The third-order valence-corrected chi connectivity index (χ3v) is 3.68. The lowest BCUT2D eigenvalue weighted by atomic mass is 9.88. The van der Waals surface area contributed by atoms with Crippen LogP contribution in [0.4, 0.5) is 0 Å². The van der Waals surface area contributed by atoms with Gasteiger partial charge in [-0.15, -0.1) is 11.3 Å². The Kier molecular flexibility index (Phi) is 3.28. The molecule has 1 amide bonds. The second-order valence-electron chi connectivity index (χ2n) is 4.51. The number of thiophene rings is 1. The number of amides is 1. The Hall–Kier alpha value is -0.910. The number of ether oxygens (including phenoxy) is 1. The zero-order valence-corrected chi connectivity index (χ0v) is 10.0. The van der Waals surface area contributed by atoms with Crippen molar-refractivity contribution in [2.24, 2.45) is 11.1 Å². The van der Waals surface area contributed by atoms with Crippen LogP contribution in [-0.4, -0.2) is 25.7 Å². The molecular weight excluding hydrogens is 224 g/mol. The molecule has 1 aromatic heterocycles. The van der Waals surface area contributed by atoms with E-state index in [0.29, 0.717) is 19.8 Å². The van der Waals surface area contributed by atoms with E-state index in [2.05, 4.69) is 12.2 Å². The first-order chi connectivity index (χ1) is 7.61. The third-order valence-electron chi connectivity index (χ3n) is 2.72. The molecule has 2 rings (SSSR count). The number of carbonyl (C=O) groups is 1. The first-order valence-corrected chi connectivity index (χ1v) is 6.13. The summed E-state index contributed by atoms with van der Waals surface area (Å²) >= 11 is 1.50. The molecule has 1 saturated heterocycles. The minimum absolute atomic E-state index is 0.0881. The lowest BCUT2D eigenvalue weighted by Crippen LogP contribution is -2.49. The number of nitrogens with one attached hydrogen (secondary N) is 1. The molecule has 0 saturated carbocycles. The molecule has 1 atom stereocenters. The van der Waals surface area contributed by atoms with Gasteiger partial charge < -0.3 is 15.8 Å². The molecule has 0 aliphatic carbocycles. The molecule has 1 aliphatic rings. The molecule has 1 aliphatic heterocycles. The maximum Gasteiger partial charge on any atom is 0.242 e. The summed E-state index contributed by atoms with van der Waals surface area (Å²) in [5, 5.41) is 4.80. The van der Waals surface area contributed by atoms with E-state index in [1.807, 2.05) is 17.5 Å². The van der Waals surface area contributed by atoms with Crippen LogP contribution in [0.2, 0.25) is 0 Å². The maximum absolute atomic E-state index is 11.8. The van der Waals surface area contributed by atoms with Gasteiger partial charge in [0.1, 0.15) is 6.04 Å². The van der Waals surface area contributed by atoms with Gasteiger partial charge in [-0.2, -0.15) is 0 Å². The van der Waals surface area contributed by atoms with Crippen molar-refractivity contribution in [3.05, 3.63) is 22.4 Å². The Morgan fingerprint density at radius 1 is 1.75 bits per heavy atom. The van der Waals surface area contributed by atoms with Crippen LogP contribution in [0, 0.1) is 5.41 Å². The predicted molar refractivity (Wildman–Crippen MR) is 63.2 cm³/mol. The Bertz CT molecular complexity index is 360. The highest BCUT2D eigenvalue weighted by molar-refractivity contribution is 7.10. The number of nitrogens with two attached hydrogens (primary N) is 1. The summed E-state index contributed by atoms with van der Waals surface area (Å²) in [6.07, 6.45) is 0. The van der Waals surface area contributed by atoms with Crippen molar-refractivity contribution in [3.8, 4) is 0 Å². The van der Waals surface area contributed by atoms with Crippen LogP contribution in [0.5, 0.6) is 0 Å². The Balaban J connectivity index is 1.84. The number of rotatable bonds is 4. The molecule has 88 valence electrons. The second-order valence-corrected chi connectivity index (χ2v) is 5.49. The van der Waals surface area contributed by atoms with Gasteiger partial charge in [-0.1, -0.05) is 13.0 Å². The van der Waals surface area contributed by atoms with Crippen LogP contribution in [-0.2, 0) is 9.53 Å². The molecule has 0 radical (unpaired) electrons. The number of hydrogen-bond acceptors (Lipinski definition) is 4. The summed E-state index contributed by atoms with van der Waals surface area (Å²) in [4.78, 5) is 12.7. The fourth-order valence-electron chi connectivity index (χ4n) is 1.56. The van der Waals surface area contributed by atoms with Crippen molar-refractivity contribution in [1.82, 2.24) is 5.32 Å². The van der Waals surface area contributed by atoms with Gasteiger partial charge >= 0.3 is 0 Å². The SMILES string of the molecule is CC1(CNC(=O)C(N)c2cccs2)COC1. The Morgan fingerprint density at radius 3 is 3.00 bits per heavy atom. The lowest BCUT2D eigenvalue weighted by Gasteiger charge is -2.38. The van der Waals surface area contributed by atoms with E-state index in [9.17, 15) is 4.79 Å². The smallest absolute Gasteiger partial charge is 0.242 e. The van der Waals surface area contributed by atoms with Crippen molar-refractivity contribution >= 4 is 17.2 Å². The van der Waals surface area contributed by atoms with Crippen LogP contribution >= 0.6 is 11.3 Å². The summed E-state index contributed by atoms with van der Waals surface area (Å²) in [6.45, 7) is 4.14. The van der Waals surface area contributed by atoms with E-state index in [0.717, 1.165) is 4.88 Å². The Labute approximate surface area is 98.8 Å². The van der Waals surface area contributed by atoms with Crippen LogP contribution < -0.4 is 11.1 Å². The van der Waals surface area contributed by atoms with Crippen LogP contribution in [0.15, 0.2) is 17.5 Å². The first-order valence-electron chi connectivity index (χ1n) is 5.25. The van der Waals surface area contributed by atoms with Crippen molar-refractivity contribution < 1.29 is 9.53 Å². The molecule has 1 aromatic rings. The van der Waals surface area contributed by atoms with E-state index >= 15 is 0 Å². The van der Waals surface area contributed by atoms with E-state index in [1.165, 1.54) is 11.3 Å². The molecule has 3 N–H and O–H groups in total. The summed E-state index contributed by atoms with van der Waals surface area (Å²) in [5.74, 6) is -0.115. The van der Waals surface area contributed by atoms with Crippen LogP contribution in [0.25, 0.3) is 0 Å². The van der Waals surface area contributed by atoms with Crippen molar-refractivity contribution in [1.29, 1.82) is 0 Å². The van der Waals surface area contributed by atoms with Crippen LogP contribution in [0.1, 0.15) is 17.8 Å². The number of hydrogen-bond donors (Lipinski definition) is 2. The van der Waals surface area contributed by atoms with E-state index < -0.39 is 6.04 Å². The highest BCUT2D eigenvalue weighted by Crippen LogP contribution is 2.25. The fourth-order valence-corrected chi connectivity index (χ4v) is 2.29. The molecule has 0 spiro atoms. The standard InChI is InChI=1S/C11H16N2O2S/c1-11(6-15-7-11)5-13-10(14)9(12)8-3-2-4-16-8/h2-4,9H,5-7,12H2,1H3,(H,13,14). The molecule has 1 fully saturated rings. The van der Waals surface area contributed by atoms with Gasteiger partial charge in [0.15, 0.2) is 0 Å². The van der Waals surface area contributed by atoms with Crippen LogP contribution in [0.3, 0.4) is 0 Å². The molecular formula is C11H16N2O2S. The number of carbonyl (C=O) groups excluding carboxylic acids is 1. The van der Waals surface area contributed by atoms with Crippen molar-refractivity contribution in [2.45, 2.75) is 13.0 Å². The summed E-state index contributed by atoms with van der Waals surface area (Å²) in [7, 11) is 0. The molecule has 4 nitrogen and oxygen atoms in total. The molecule has 2 heterocycles. The second kappa shape index (κ2) is 4.53. The molecule has 5 heteroatoms. The van der Waals surface area contributed by atoms with E-state index in [1.54, 1.807) is 0 Å². The fraction of sp³-hybridized carbons (Fsp3) is 0.545. The summed E-state index contributed by atoms with van der Waals surface area (Å²) in [6, 6.07) is 3.22. The van der Waals surface area contributed by atoms with Gasteiger partial charge in [-0.3, -0.25) is 4.79 Å². The van der Waals surface area contributed by atoms with Gasteiger partial charge in [0, 0.05) is 16.8 Å². The topological polar surface area (TPSA) is 64.4 Å². The molecule has 16 heavy (non-hydrogen) atoms. The molecule has 0 aromatic carbocycles. The summed E-state index contributed by atoms with van der Waals surface area (Å²) in [5.41, 5.74) is 5.93. The average molecular weight is 240 g/mol. The maximum atomic E-state index is 11.8. The minimum atomic E-state index is -0.551. The van der Waals surface area contributed by atoms with Crippen molar-refractivity contribution in [3.63, 3.8) is 0 Å². The Morgan fingerprint density at radius 2 is 2.50 bits per heavy atom. The van der Waals surface area contributed by atoms with Gasteiger partial charge in [-0.05, 0) is 11.4 Å². The minimum Gasteiger partial charge on any atom is -0.380 e. The van der Waals surface area contributed by atoms with Gasteiger partial charge in [0.2, 0.25) is 5.91 Å². The normalized spacial score (nSPS) is 19.9. The molecule has 0 bridgehead atoms. The van der Waals surface area contributed by atoms with Gasteiger partial charge in [0.25, 0.3) is 0 Å². The predicted octanol–water partition coefficient (Wildman–Crippen LogP) is 0.901. The summed E-state index contributed by atoms with van der Waals surface area (Å²) < 4.78 is 5.12. The third kappa shape index (κ3) is 2.42. The van der Waals surface area contributed by atoms with Crippen molar-refractivity contribution in [2.75, 3.05) is 19.8 Å². The van der Waals surface area contributed by atoms with E-state index in [4.69, 9.17) is 10.5 Å². The quantitative estimate of drug-likeness (QED) is 0.822. The monoisotopic (exact) mass is 240 g/mol. The zero-order chi connectivity index (χ0) is 11.6. The average Bonchev–Trinajstić information content (AvgIpc) is 2.75. The highest BCUT2D eigenvalue weighted by atomic mass is 32.1. The van der Waals surface area contributed by atoms with Gasteiger partial charge in [0.05, 0.1) is 13.2 Å². The van der Waals surface area contributed by atoms with Gasteiger partial charge in [-0.25, -0.2) is 0 Å². The largest absolute Gasteiger partial charge is 0.380 e. The first kappa shape index (κ1) is 11.6. The highest BCUT2D eigenvalue weighted by Gasteiger charge is 2.34.